The second-order valence-corrected chi connectivity index (χ2v) is 4.05. The number of aryl methyl sites for hydroxylation is 1. The van der Waals surface area contributed by atoms with E-state index in [1.54, 1.807) is 0 Å². The Labute approximate surface area is 110 Å². The molecule has 0 aromatic carbocycles. The zero-order valence-corrected chi connectivity index (χ0v) is 11.8. The lowest BCUT2D eigenvalue weighted by molar-refractivity contribution is -0.696. The molecule has 1 aromatic rings. The molecule has 1 aromatic heterocycles. The van der Waals surface area contributed by atoms with Gasteiger partial charge in [-0.15, -0.1) is 0 Å². The lowest BCUT2D eigenvalue weighted by Crippen LogP contribution is -3.00. The van der Waals surface area contributed by atoms with Crippen molar-refractivity contribution >= 4 is 6.20 Å². The minimum Gasteiger partial charge on any atom is -1.00 e. The Morgan fingerprint density at radius 2 is 1.88 bits per heavy atom. The van der Waals surface area contributed by atoms with E-state index in [0.717, 1.165) is 6.54 Å². The summed E-state index contributed by atoms with van der Waals surface area (Å²) in [5.74, 6) is 0. The third kappa shape index (κ3) is 6.11. The van der Waals surface area contributed by atoms with Gasteiger partial charge in [-0.3, -0.25) is 0 Å². The molecular weight excluding hydrogens is 264 g/mol. The van der Waals surface area contributed by atoms with Crippen LogP contribution in [0.2, 0.25) is 0 Å². The average Bonchev–Trinajstić information content (AvgIpc) is 2.71. The molecule has 0 aliphatic rings. The third-order valence-corrected chi connectivity index (χ3v) is 2.69. The van der Waals surface area contributed by atoms with E-state index in [1.807, 2.05) is 17.0 Å². The minimum atomic E-state index is 0. The number of rotatable bonds is 8. The molecule has 0 radical (unpaired) electrons. The van der Waals surface area contributed by atoms with Crippen molar-refractivity contribution in [3.05, 3.63) is 25.3 Å². The van der Waals surface area contributed by atoms with Gasteiger partial charge in [0, 0.05) is 0 Å². The van der Waals surface area contributed by atoms with Crippen LogP contribution in [0.5, 0.6) is 0 Å². The Bertz CT molecular complexity index is 281. The highest BCUT2D eigenvalue weighted by atomic mass is 79.9. The Morgan fingerprint density at radius 1 is 1.19 bits per heavy atom. The maximum atomic E-state index is 3.72. The van der Waals surface area contributed by atoms with Gasteiger partial charge in [0.15, 0.2) is 0 Å². The van der Waals surface area contributed by atoms with Crippen molar-refractivity contribution in [2.24, 2.45) is 0 Å². The molecule has 0 saturated heterocycles. The van der Waals surface area contributed by atoms with E-state index in [9.17, 15) is 0 Å². The molecule has 0 fully saturated rings. The molecule has 0 bridgehead atoms. The summed E-state index contributed by atoms with van der Waals surface area (Å²) < 4.78 is 4.21. The first-order chi connectivity index (χ1) is 7.36. The predicted molar refractivity (Wildman–Crippen MR) is 64.4 cm³/mol. The van der Waals surface area contributed by atoms with Crippen LogP contribution in [0.25, 0.3) is 6.20 Å². The van der Waals surface area contributed by atoms with Gasteiger partial charge in [0.2, 0.25) is 6.33 Å². The van der Waals surface area contributed by atoms with E-state index in [1.165, 1.54) is 38.5 Å². The zero-order valence-electron chi connectivity index (χ0n) is 10.2. The fourth-order valence-corrected chi connectivity index (χ4v) is 1.73. The van der Waals surface area contributed by atoms with Gasteiger partial charge in [0.1, 0.15) is 12.4 Å². The van der Waals surface area contributed by atoms with E-state index in [4.69, 9.17) is 0 Å². The number of unbranched alkanes of at least 4 members (excludes halogenated alkanes) is 5. The van der Waals surface area contributed by atoms with E-state index in [0.29, 0.717) is 0 Å². The summed E-state index contributed by atoms with van der Waals surface area (Å²) in [6, 6.07) is 0. The SMILES string of the molecule is C=Cn1cc[n+](CCCCCCCC)c1.[Br-]. The van der Waals surface area contributed by atoms with Crippen molar-refractivity contribution < 1.29 is 21.5 Å². The summed E-state index contributed by atoms with van der Waals surface area (Å²) in [4.78, 5) is 0. The summed E-state index contributed by atoms with van der Waals surface area (Å²) in [6.07, 6.45) is 16.2. The standard InChI is InChI=1S/C13H23N2.BrH/c1-3-5-6-7-8-9-10-15-12-11-14(4-2)13-15;/h4,11-13H,2-3,5-10H2,1H3;1H/q+1;/p-1. The van der Waals surface area contributed by atoms with Crippen LogP contribution in [0.15, 0.2) is 25.3 Å². The Morgan fingerprint density at radius 3 is 2.50 bits per heavy atom. The van der Waals surface area contributed by atoms with Crippen LogP contribution in [0.4, 0.5) is 0 Å². The lowest BCUT2D eigenvalue weighted by Gasteiger charge is -1.98. The first kappa shape index (κ1) is 15.4. The predicted octanol–water partition coefficient (Wildman–Crippen LogP) is 0.241. The molecule has 16 heavy (non-hydrogen) atoms. The summed E-state index contributed by atoms with van der Waals surface area (Å²) in [7, 11) is 0. The largest absolute Gasteiger partial charge is 1.00 e. The lowest BCUT2D eigenvalue weighted by atomic mass is 10.1. The van der Waals surface area contributed by atoms with Crippen molar-refractivity contribution in [2.45, 2.75) is 52.0 Å². The zero-order chi connectivity index (χ0) is 10.9. The van der Waals surface area contributed by atoms with Gasteiger partial charge in [-0.25, -0.2) is 9.13 Å². The van der Waals surface area contributed by atoms with Gasteiger partial charge >= 0.3 is 0 Å². The highest BCUT2D eigenvalue weighted by Gasteiger charge is 1.99. The van der Waals surface area contributed by atoms with Gasteiger partial charge in [-0.2, -0.15) is 0 Å². The van der Waals surface area contributed by atoms with Gasteiger partial charge in [0.05, 0.1) is 12.7 Å². The fraction of sp³-hybridized carbons (Fsp3) is 0.615. The second kappa shape index (κ2) is 9.64. The molecule has 0 unspecified atom stereocenters. The molecule has 0 atom stereocenters. The van der Waals surface area contributed by atoms with Gasteiger partial charge in [0.25, 0.3) is 0 Å². The number of imidazole rings is 1. The topological polar surface area (TPSA) is 8.81 Å². The Hall–Kier alpha value is -0.570. The molecule has 0 aliphatic heterocycles. The minimum absolute atomic E-state index is 0. The van der Waals surface area contributed by atoms with Crippen LogP contribution in [0.3, 0.4) is 0 Å². The van der Waals surface area contributed by atoms with Crippen LogP contribution in [-0.2, 0) is 6.54 Å². The van der Waals surface area contributed by atoms with E-state index < -0.39 is 0 Å². The number of aromatic nitrogens is 2. The molecule has 2 nitrogen and oxygen atoms in total. The van der Waals surface area contributed by atoms with Crippen LogP contribution < -0.4 is 21.5 Å². The van der Waals surface area contributed by atoms with Gasteiger partial charge in [-0.05, 0) is 12.8 Å². The normalized spacial score (nSPS) is 9.81. The van der Waals surface area contributed by atoms with Crippen LogP contribution in [-0.4, -0.2) is 4.57 Å². The summed E-state index contributed by atoms with van der Waals surface area (Å²) >= 11 is 0. The number of hydrogen-bond acceptors (Lipinski definition) is 0. The highest BCUT2D eigenvalue weighted by molar-refractivity contribution is 5.12. The number of hydrogen-bond donors (Lipinski definition) is 0. The monoisotopic (exact) mass is 286 g/mol. The van der Waals surface area contributed by atoms with Gasteiger partial charge in [-0.1, -0.05) is 39.2 Å². The second-order valence-electron chi connectivity index (χ2n) is 4.05. The quantitative estimate of drug-likeness (QED) is 0.478. The number of halogens is 1. The smallest absolute Gasteiger partial charge is 0.248 e. The Balaban J connectivity index is 0.00000225. The molecule has 92 valence electrons. The molecule has 0 spiro atoms. The molecule has 0 saturated carbocycles. The van der Waals surface area contributed by atoms with E-state index >= 15 is 0 Å². The third-order valence-electron chi connectivity index (χ3n) is 2.69. The van der Waals surface area contributed by atoms with Crippen LogP contribution >= 0.6 is 0 Å². The maximum Gasteiger partial charge on any atom is 0.248 e. The first-order valence-corrected chi connectivity index (χ1v) is 6.06. The summed E-state index contributed by atoms with van der Waals surface area (Å²) in [5, 5.41) is 0. The van der Waals surface area contributed by atoms with Crippen molar-refractivity contribution in [1.82, 2.24) is 4.57 Å². The molecule has 0 amide bonds. The average molecular weight is 287 g/mol. The summed E-state index contributed by atoms with van der Waals surface area (Å²) in [6.45, 7) is 7.11. The van der Waals surface area contributed by atoms with E-state index in [-0.39, 0.29) is 17.0 Å². The highest BCUT2D eigenvalue weighted by Crippen LogP contribution is 2.04. The molecule has 0 N–H and O–H groups in total. The Kier molecular flexibility index (Phi) is 9.30. The van der Waals surface area contributed by atoms with Crippen LogP contribution in [0, 0.1) is 0 Å². The van der Waals surface area contributed by atoms with Crippen molar-refractivity contribution in [2.75, 3.05) is 0 Å². The molecule has 3 heteroatoms. The van der Waals surface area contributed by atoms with Crippen LogP contribution in [0.1, 0.15) is 45.4 Å². The molecular formula is C13H23BrN2. The van der Waals surface area contributed by atoms with Gasteiger partial charge < -0.3 is 17.0 Å². The maximum absolute atomic E-state index is 3.72. The summed E-state index contributed by atoms with van der Waals surface area (Å²) in [5.41, 5.74) is 0. The first-order valence-electron chi connectivity index (χ1n) is 6.06. The number of nitrogens with zero attached hydrogens (tertiary/aromatic N) is 2. The molecule has 1 rings (SSSR count). The van der Waals surface area contributed by atoms with Crippen molar-refractivity contribution in [1.29, 1.82) is 0 Å². The van der Waals surface area contributed by atoms with E-state index in [2.05, 4.69) is 30.6 Å². The fourth-order valence-electron chi connectivity index (χ4n) is 1.73. The molecule has 0 aliphatic carbocycles. The molecule has 1 heterocycles. The van der Waals surface area contributed by atoms with Crippen molar-refractivity contribution in [3.8, 4) is 0 Å². The van der Waals surface area contributed by atoms with Crippen molar-refractivity contribution in [3.63, 3.8) is 0 Å².